The molecule has 1 aromatic heterocycles. The first-order valence-electron chi connectivity index (χ1n) is 8.13. The number of nitrogens with one attached hydrogen (secondary N) is 1. The van der Waals surface area contributed by atoms with Gasteiger partial charge < -0.3 is 10.2 Å². The molecule has 134 valence electrons. The van der Waals surface area contributed by atoms with Crippen LogP contribution in [0.3, 0.4) is 0 Å². The number of carbonyl (C=O) groups excluding carboxylic acids is 1. The standard InChI is InChI=1S/C18H23ClN4OS/c1-5-12(2)20-17(24)14-8-6-13(7-9-14)11-25-18-21-15(19)10-16(22-18)23(3)4/h6-10,12H,5,11H2,1-4H3,(H,20,24). The highest BCUT2D eigenvalue weighted by Crippen LogP contribution is 2.24. The van der Waals surface area contributed by atoms with Gasteiger partial charge in [0.25, 0.3) is 5.91 Å². The molecule has 0 aliphatic heterocycles. The zero-order chi connectivity index (χ0) is 18.4. The Morgan fingerprint density at radius 1 is 1.28 bits per heavy atom. The van der Waals surface area contributed by atoms with Crippen LogP contribution in [0.1, 0.15) is 36.2 Å². The van der Waals surface area contributed by atoms with Crippen LogP contribution in [-0.2, 0) is 5.75 Å². The number of halogens is 1. The fourth-order valence-corrected chi connectivity index (χ4v) is 3.03. The van der Waals surface area contributed by atoms with E-state index in [1.54, 1.807) is 6.07 Å². The van der Waals surface area contributed by atoms with Crippen molar-refractivity contribution in [3.05, 3.63) is 46.6 Å². The molecular weight excluding hydrogens is 356 g/mol. The Morgan fingerprint density at radius 2 is 1.96 bits per heavy atom. The number of benzene rings is 1. The van der Waals surface area contributed by atoms with Gasteiger partial charge >= 0.3 is 0 Å². The minimum absolute atomic E-state index is 0.0395. The molecule has 0 spiro atoms. The summed E-state index contributed by atoms with van der Waals surface area (Å²) in [6.45, 7) is 4.04. The second-order valence-corrected chi connectivity index (χ2v) is 7.32. The average molecular weight is 379 g/mol. The zero-order valence-corrected chi connectivity index (χ0v) is 16.5. The van der Waals surface area contributed by atoms with Gasteiger partial charge in [-0.2, -0.15) is 0 Å². The molecule has 1 heterocycles. The molecule has 7 heteroatoms. The maximum atomic E-state index is 12.1. The minimum atomic E-state index is -0.0395. The van der Waals surface area contributed by atoms with Crippen LogP contribution in [0, 0.1) is 0 Å². The van der Waals surface area contributed by atoms with Crippen molar-refractivity contribution in [1.82, 2.24) is 15.3 Å². The van der Waals surface area contributed by atoms with Crippen molar-refractivity contribution >= 4 is 35.1 Å². The van der Waals surface area contributed by atoms with Gasteiger partial charge in [-0.3, -0.25) is 4.79 Å². The summed E-state index contributed by atoms with van der Waals surface area (Å²) in [6.07, 6.45) is 0.912. The van der Waals surface area contributed by atoms with Crippen molar-refractivity contribution in [1.29, 1.82) is 0 Å². The van der Waals surface area contributed by atoms with E-state index in [1.807, 2.05) is 57.1 Å². The number of rotatable bonds is 7. The third kappa shape index (κ3) is 5.90. The largest absolute Gasteiger partial charge is 0.363 e. The number of nitrogens with zero attached hydrogens (tertiary/aromatic N) is 3. The molecule has 0 fully saturated rings. The van der Waals surface area contributed by atoms with Crippen LogP contribution in [0.25, 0.3) is 0 Å². The summed E-state index contributed by atoms with van der Waals surface area (Å²) in [6, 6.07) is 9.51. The van der Waals surface area contributed by atoms with E-state index in [0.717, 1.165) is 17.8 Å². The maximum Gasteiger partial charge on any atom is 0.251 e. The molecule has 0 aliphatic carbocycles. The van der Waals surface area contributed by atoms with Gasteiger partial charge in [-0.1, -0.05) is 42.4 Å². The first kappa shape index (κ1) is 19.5. The predicted octanol–water partition coefficient (Wildman–Crippen LogP) is 4.02. The lowest BCUT2D eigenvalue weighted by atomic mass is 10.1. The van der Waals surface area contributed by atoms with E-state index in [0.29, 0.717) is 21.6 Å². The van der Waals surface area contributed by atoms with Crippen LogP contribution < -0.4 is 10.2 Å². The highest BCUT2D eigenvalue weighted by molar-refractivity contribution is 7.98. The second-order valence-electron chi connectivity index (χ2n) is 5.99. The van der Waals surface area contributed by atoms with Crippen molar-refractivity contribution in [3.8, 4) is 0 Å². The highest BCUT2D eigenvalue weighted by Gasteiger charge is 2.09. The summed E-state index contributed by atoms with van der Waals surface area (Å²) in [5.41, 5.74) is 1.77. The minimum Gasteiger partial charge on any atom is -0.363 e. The van der Waals surface area contributed by atoms with E-state index >= 15 is 0 Å². The summed E-state index contributed by atoms with van der Waals surface area (Å²) in [4.78, 5) is 22.7. The first-order chi connectivity index (χ1) is 11.9. The molecule has 0 bridgehead atoms. The van der Waals surface area contributed by atoms with Gasteiger partial charge in [-0.25, -0.2) is 9.97 Å². The smallest absolute Gasteiger partial charge is 0.251 e. The van der Waals surface area contributed by atoms with Crippen LogP contribution in [0.15, 0.2) is 35.5 Å². The monoisotopic (exact) mass is 378 g/mol. The van der Waals surface area contributed by atoms with Gasteiger partial charge in [0, 0.05) is 37.5 Å². The summed E-state index contributed by atoms with van der Waals surface area (Å²) in [7, 11) is 3.83. The van der Waals surface area contributed by atoms with Gasteiger partial charge in [-0.15, -0.1) is 0 Å². The number of thioether (sulfide) groups is 1. The fourth-order valence-electron chi connectivity index (χ4n) is 1.99. The molecule has 25 heavy (non-hydrogen) atoms. The van der Waals surface area contributed by atoms with E-state index in [-0.39, 0.29) is 11.9 Å². The lowest BCUT2D eigenvalue weighted by molar-refractivity contribution is 0.0939. The van der Waals surface area contributed by atoms with Gasteiger partial charge in [0.15, 0.2) is 5.16 Å². The number of anilines is 1. The van der Waals surface area contributed by atoms with E-state index < -0.39 is 0 Å². The fraction of sp³-hybridized carbons (Fsp3) is 0.389. The Morgan fingerprint density at radius 3 is 2.56 bits per heavy atom. The molecule has 1 atom stereocenters. The maximum absolute atomic E-state index is 12.1. The molecular formula is C18H23ClN4OS. The molecule has 1 N–H and O–H groups in total. The third-order valence-corrected chi connectivity index (χ3v) is 4.81. The molecule has 0 saturated carbocycles. The van der Waals surface area contributed by atoms with Crippen LogP contribution in [0.2, 0.25) is 5.15 Å². The Labute approximate surface area is 158 Å². The van der Waals surface area contributed by atoms with Crippen LogP contribution >= 0.6 is 23.4 Å². The number of hydrogen-bond donors (Lipinski definition) is 1. The SMILES string of the molecule is CCC(C)NC(=O)c1ccc(CSc2nc(Cl)cc(N(C)C)n2)cc1. The predicted molar refractivity (Wildman–Crippen MR) is 105 cm³/mol. The molecule has 2 rings (SSSR count). The number of hydrogen-bond acceptors (Lipinski definition) is 5. The Bertz CT molecular complexity index is 722. The number of aromatic nitrogens is 2. The Hall–Kier alpha value is -1.79. The molecule has 1 amide bonds. The summed E-state index contributed by atoms with van der Waals surface area (Å²) < 4.78 is 0. The zero-order valence-electron chi connectivity index (χ0n) is 14.9. The summed E-state index contributed by atoms with van der Waals surface area (Å²) in [5.74, 6) is 1.45. The molecule has 0 radical (unpaired) electrons. The Kier molecular flexibility index (Phi) is 7.08. The molecule has 0 saturated heterocycles. The quantitative estimate of drug-likeness (QED) is 0.448. The molecule has 0 aliphatic rings. The molecule has 1 aromatic carbocycles. The third-order valence-electron chi connectivity index (χ3n) is 3.69. The lowest BCUT2D eigenvalue weighted by Crippen LogP contribution is -2.31. The molecule has 2 aromatic rings. The summed E-state index contributed by atoms with van der Waals surface area (Å²) in [5, 5.41) is 4.03. The van der Waals surface area contributed by atoms with E-state index in [4.69, 9.17) is 11.6 Å². The average Bonchev–Trinajstić information content (AvgIpc) is 2.59. The van der Waals surface area contributed by atoms with Crippen molar-refractivity contribution < 1.29 is 4.79 Å². The lowest BCUT2D eigenvalue weighted by Gasteiger charge is -2.12. The van der Waals surface area contributed by atoms with Crippen LogP contribution in [0.5, 0.6) is 0 Å². The molecule has 5 nitrogen and oxygen atoms in total. The first-order valence-corrected chi connectivity index (χ1v) is 9.50. The second kappa shape index (κ2) is 9.06. The Balaban J connectivity index is 1.99. The van der Waals surface area contributed by atoms with Gasteiger partial charge in [-0.05, 0) is 31.0 Å². The number of carbonyl (C=O) groups is 1. The van der Waals surface area contributed by atoms with Crippen molar-refractivity contribution in [2.24, 2.45) is 0 Å². The van der Waals surface area contributed by atoms with Crippen molar-refractivity contribution in [3.63, 3.8) is 0 Å². The van der Waals surface area contributed by atoms with Gasteiger partial charge in [0.2, 0.25) is 0 Å². The van der Waals surface area contributed by atoms with E-state index in [9.17, 15) is 4.79 Å². The van der Waals surface area contributed by atoms with Gasteiger partial charge in [0.1, 0.15) is 11.0 Å². The van der Waals surface area contributed by atoms with Crippen molar-refractivity contribution in [2.45, 2.75) is 37.2 Å². The van der Waals surface area contributed by atoms with Crippen LogP contribution in [0.4, 0.5) is 5.82 Å². The topological polar surface area (TPSA) is 58.1 Å². The van der Waals surface area contributed by atoms with E-state index in [2.05, 4.69) is 15.3 Å². The summed E-state index contributed by atoms with van der Waals surface area (Å²) >= 11 is 7.56. The van der Waals surface area contributed by atoms with E-state index in [1.165, 1.54) is 11.8 Å². The molecule has 1 unspecified atom stereocenters. The van der Waals surface area contributed by atoms with Gasteiger partial charge in [0.05, 0.1) is 0 Å². The van der Waals surface area contributed by atoms with Crippen LogP contribution in [-0.4, -0.2) is 36.0 Å². The number of amides is 1. The normalized spacial score (nSPS) is 11.9. The van der Waals surface area contributed by atoms with Crippen molar-refractivity contribution in [2.75, 3.05) is 19.0 Å². The highest BCUT2D eigenvalue weighted by atomic mass is 35.5.